The predicted molar refractivity (Wildman–Crippen MR) is 95.7 cm³/mol. The first kappa shape index (κ1) is 20.6. The molecule has 2 N–H and O–H groups in total. The molecule has 0 aliphatic rings. The molecule has 0 saturated carbocycles. The molecule has 1 atom stereocenters. The van der Waals surface area contributed by atoms with Crippen LogP contribution in [0.15, 0.2) is 12.1 Å². The lowest BCUT2D eigenvalue weighted by Crippen LogP contribution is -3.11. The Morgan fingerprint density at radius 2 is 1.80 bits per heavy atom. The van der Waals surface area contributed by atoms with Crippen LogP contribution in [0.5, 0.6) is 0 Å². The van der Waals surface area contributed by atoms with Gasteiger partial charge in [0.2, 0.25) is 0 Å². The molecule has 0 heterocycles. The molecule has 1 unspecified atom stereocenters. The summed E-state index contributed by atoms with van der Waals surface area (Å²) in [6.45, 7) is 8.88. The quantitative estimate of drug-likeness (QED) is 0.527. The third-order valence-electron chi connectivity index (χ3n) is 4.21. The van der Waals surface area contributed by atoms with Crippen LogP contribution in [0.2, 0.25) is 0 Å². The summed E-state index contributed by atoms with van der Waals surface area (Å²) in [6.07, 6.45) is 0. The fourth-order valence-electron chi connectivity index (χ4n) is 2.58. The van der Waals surface area contributed by atoms with Crippen molar-refractivity contribution in [3.05, 3.63) is 33.4 Å². The van der Waals surface area contributed by atoms with E-state index in [9.17, 15) is 19.7 Å². The molecule has 0 fully saturated rings. The number of benzene rings is 1. The number of carbonyl (C=O) groups excluding carboxylic acids is 2. The van der Waals surface area contributed by atoms with Gasteiger partial charge in [-0.05, 0) is 38.8 Å². The van der Waals surface area contributed by atoms with Crippen molar-refractivity contribution in [1.82, 2.24) is 4.90 Å². The van der Waals surface area contributed by atoms with Gasteiger partial charge in [0, 0.05) is 19.2 Å². The lowest BCUT2D eigenvalue weighted by molar-refractivity contribution is -0.862. The summed E-state index contributed by atoms with van der Waals surface area (Å²) < 4.78 is 0. The summed E-state index contributed by atoms with van der Waals surface area (Å²) in [5.74, 6) is -0.380. The highest BCUT2D eigenvalue weighted by Gasteiger charge is 2.22. The standard InChI is InChI=1S/C17H26N4O4/c1-6-20(7-2)16(23)11-19(5)10-15(22)18-17-13(4)12(3)8-9-14(17)21(24)25/h8-9H,6-7,10-11H2,1-5H3,(H,18,22)/p+1. The van der Waals surface area contributed by atoms with Crippen LogP contribution in [-0.4, -0.2) is 54.9 Å². The topological polar surface area (TPSA) is 97.0 Å². The summed E-state index contributed by atoms with van der Waals surface area (Å²) in [5.41, 5.74) is 1.61. The zero-order chi connectivity index (χ0) is 19.1. The average Bonchev–Trinajstić information content (AvgIpc) is 2.52. The Hall–Kier alpha value is -2.48. The number of nitrogens with one attached hydrogen (secondary N) is 2. The Morgan fingerprint density at radius 1 is 1.20 bits per heavy atom. The Kier molecular flexibility index (Phi) is 7.50. The molecule has 8 nitrogen and oxygen atoms in total. The van der Waals surface area contributed by atoms with Crippen molar-refractivity contribution in [3.63, 3.8) is 0 Å². The van der Waals surface area contributed by atoms with Crippen LogP contribution < -0.4 is 10.2 Å². The van der Waals surface area contributed by atoms with Gasteiger partial charge in [-0.1, -0.05) is 6.07 Å². The zero-order valence-electron chi connectivity index (χ0n) is 15.5. The number of anilines is 1. The molecule has 1 aromatic carbocycles. The van der Waals surface area contributed by atoms with E-state index in [0.717, 1.165) is 10.5 Å². The highest BCUT2D eigenvalue weighted by Crippen LogP contribution is 2.29. The SMILES string of the molecule is CCN(CC)C(=O)C[NH+](C)CC(=O)Nc1c([N+](=O)[O-])ccc(C)c1C. The molecule has 25 heavy (non-hydrogen) atoms. The maximum absolute atomic E-state index is 12.3. The van der Waals surface area contributed by atoms with Gasteiger partial charge in [-0.2, -0.15) is 0 Å². The van der Waals surface area contributed by atoms with Gasteiger partial charge >= 0.3 is 0 Å². The van der Waals surface area contributed by atoms with Crippen LogP contribution in [0.1, 0.15) is 25.0 Å². The number of hydrogen-bond donors (Lipinski definition) is 2. The Morgan fingerprint density at radius 3 is 2.32 bits per heavy atom. The van der Waals surface area contributed by atoms with Crippen LogP contribution in [0, 0.1) is 24.0 Å². The van der Waals surface area contributed by atoms with Crippen molar-refractivity contribution < 1.29 is 19.4 Å². The van der Waals surface area contributed by atoms with Crippen LogP contribution in [0.25, 0.3) is 0 Å². The number of amides is 2. The van der Waals surface area contributed by atoms with Gasteiger partial charge in [0.05, 0.1) is 12.0 Å². The zero-order valence-corrected chi connectivity index (χ0v) is 15.5. The number of likely N-dealkylation sites (N-methyl/N-ethyl adjacent to an activating group) is 2. The van der Waals surface area contributed by atoms with E-state index in [2.05, 4.69) is 5.32 Å². The fraction of sp³-hybridized carbons (Fsp3) is 0.529. The number of hydrogen-bond acceptors (Lipinski definition) is 4. The fourth-order valence-corrected chi connectivity index (χ4v) is 2.58. The van der Waals surface area contributed by atoms with Crippen LogP contribution in [0.4, 0.5) is 11.4 Å². The minimum absolute atomic E-state index is 0.0204. The minimum Gasteiger partial charge on any atom is -0.338 e. The summed E-state index contributed by atoms with van der Waals surface area (Å²) in [6, 6.07) is 3.04. The maximum Gasteiger partial charge on any atom is 0.293 e. The molecule has 138 valence electrons. The number of carbonyl (C=O) groups is 2. The first-order valence-electron chi connectivity index (χ1n) is 8.34. The van der Waals surface area contributed by atoms with Crippen LogP contribution >= 0.6 is 0 Å². The first-order chi connectivity index (χ1) is 11.7. The molecule has 1 aromatic rings. The molecule has 0 aromatic heterocycles. The molecule has 0 spiro atoms. The summed E-state index contributed by atoms with van der Waals surface area (Å²) in [5, 5.41) is 13.8. The number of nitro groups is 1. The second-order valence-corrected chi connectivity index (χ2v) is 6.08. The summed E-state index contributed by atoms with van der Waals surface area (Å²) >= 11 is 0. The van der Waals surface area contributed by atoms with E-state index in [1.54, 1.807) is 24.9 Å². The molecule has 2 amide bonds. The minimum atomic E-state index is -0.511. The molecule has 0 saturated heterocycles. The molecule has 1 rings (SSSR count). The number of quaternary nitrogens is 1. The second-order valence-electron chi connectivity index (χ2n) is 6.08. The number of nitro benzene ring substituents is 1. The van der Waals surface area contributed by atoms with E-state index in [1.165, 1.54) is 6.07 Å². The molecular formula is C17H27N4O4+. The van der Waals surface area contributed by atoms with Gasteiger partial charge < -0.3 is 15.1 Å². The maximum atomic E-state index is 12.3. The highest BCUT2D eigenvalue weighted by atomic mass is 16.6. The largest absolute Gasteiger partial charge is 0.338 e. The molecule has 8 heteroatoms. The van der Waals surface area contributed by atoms with Crippen molar-refractivity contribution in [1.29, 1.82) is 0 Å². The van der Waals surface area contributed by atoms with E-state index in [-0.39, 0.29) is 36.3 Å². The normalized spacial score (nSPS) is 11.7. The third-order valence-corrected chi connectivity index (χ3v) is 4.21. The Labute approximate surface area is 147 Å². The first-order valence-corrected chi connectivity index (χ1v) is 8.34. The van der Waals surface area contributed by atoms with E-state index < -0.39 is 4.92 Å². The smallest absolute Gasteiger partial charge is 0.293 e. The monoisotopic (exact) mass is 351 g/mol. The Balaban J connectivity index is 2.79. The average molecular weight is 351 g/mol. The second kappa shape index (κ2) is 9.12. The lowest BCUT2D eigenvalue weighted by Gasteiger charge is -2.21. The molecule has 0 bridgehead atoms. The highest BCUT2D eigenvalue weighted by molar-refractivity contribution is 5.95. The lowest BCUT2D eigenvalue weighted by atomic mass is 10.1. The van der Waals surface area contributed by atoms with Gasteiger partial charge in [-0.3, -0.25) is 19.7 Å². The third kappa shape index (κ3) is 5.53. The molecule has 0 aliphatic heterocycles. The van der Waals surface area contributed by atoms with Crippen molar-refractivity contribution in [2.75, 3.05) is 38.5 Å². The van der Waals surface area contributed by atoms with Crippen molar-refractivity contribution in [2.45, 2.75) is 27.7 Å². The van der Waals surface area contributed by atoms with E-state index in [4.69, 9.17) is 0 Å². The van der Waals surface area contributed by atoms with Gasteiger partial charge in [-0.25, -0.2) is 0 Å². The summed E-state index contributed by atoms with van der Waals surface area (Å²) in [4.78, 5) is 37.4. The van der Waals surface area contributed by atoms with Crippen LogP contribution in [0.3, 0.4) is 0 Å². The van der Waals surface area contributed by atoms with Crippen molar-refractivity contribution >= 4 is 23.2 Å². The van der Waals surface area contributed by atoms with Crippen LogP contribution in [-0.2, 0) is 9.59 Å². The van der Waals surface area contributed by atoms with Gasteiger partial charge in [0.15, 0.2) is 13.1 Å². The summed E-state index contributed by atoms with van der Waals surface area (Å²) in [7, 11) is 1.75. The van der Waals surface area contributed by atoms with Crippen molar-refractivity contribution in [3.8, 4) is 0 Å². The predicted octanol–water partition coefficient (Wildman–Crippen LogP) is 0.533. The van der Waals surface area contributed by atoms with E-state index in [1.807, 2.05) is 20.8 Å². The number of nitrogens with zero attached hydrogens (tertiary/aromatic N) is 2. The number of rotatable bonds is 8. The van der Waals surface area contributed by atoms with Gasteiger partial charge in [-0.15, -0.1) is 0 Å². The van der Waals surface area contributed by atoms with Crippen molar-refractivity contribution in [2.24, 2.45) is 0 Å². The van der Waals surface area contributed by atoms with E-state index in [0.29, 0.717) is 18.7 Å². The molecule has 0 radical (unpaired) electrons. The van der Waals surface area contributed by atoms with Gasteiger partial charge in [0.1, 0.15) is 5.69 Å². The van der Waals surface area contributed by atoms with Gasteiger partial charge in [0.25, 0.3) is 17.5 Å². The molecule has 0 aliphatic carbocycles. The van der Waals surface area contributed by atoms with E-state index >= 15 is 0 Å². The number of aryl methyl sites for hydroxylation is 1. The Bertz CT molecular complexity index is 656. The molecular weight excluding hydrogens is 324 g/mol.